The van der Waals surface area contributed by atoms with Gasteiger partial charge in [-0.15, -0.1) is 0 Å². The number of carbonyl (C=O) groups is 2. The molecule has 0 aliphatic heterocycles. The molecule has 142 valence electrons. The van der Waals surface area contributed by atoms with Crippen LogP contribution in [0.4, 0.5) is 0 Å². The lowest BCUT2D eigenvalue weighted by Gasteiger charge is -2.40. The van der Waals surface area contributed by atoms with Crippen molar-refractivity contribution in [3.63, 3.8) is 0 Å². The molecule has 3 aliphatic carbocycles. The van der Waals surface area contributed by atoms with E-state index >= 15 is 0 Å². The van der Waals surface area contributed by atoms with Crippen molar-refractivity contribution >= 4 is 11.8 Å². The molecule has 25 heavy (non-hydrogen) atoms. The average Bonchev–Trinajstić information content (AvgIpc) is 2.96. The molecule has 0 heterocycles. The second-order valence-corrected chi connectivity index (χ2v) is 8.49. The Balaban J connectivity index is 1.99. The van der Waals surface area contributed by atoms with Crippen molar-refractivity contribution in [3.05, 3.63) is 0 Å². The van der Waals surface area contributed by atoms with E-state index in [1.165, 1.54) is 38.5 Å². The van der Waals surface area contributed by atoms with Gasteiger partial charge in [-0.05, 0) is 62.2 Å². The molecule has 3 rings (SSSR count). The minimum absolute atomic E-state index is 0.0363. The molecule has 0 aromatic rings. The number of amides is 2. The molecule has 2 amide bonds. The first kappa shape index (κ1) is 18.7. The molecule has 4 heteroatoms. The van der Waals surface area contributed by atoms with Crippen molar-refractivity contribution < 1.29 is 9.59 Å². The molecule has 0 saturated heterocycles. The summed E-state index contributed by atoms with van der Waals surface area (Å²) in [6, 6.07) is 0. The van der Waals surface area contributed by atoms with E-state index in [4.69, 9.17) is 0 Å². The minimum atomic E-state index is -0.805. The zero-order valence-corrected chi connectivity index (χ0v) is 16.1. The van der Waals surface area contributed by atoms with E-state index in [-0.39, 0.29) is 23.7 Å². The Morgan fingerprint density at radius 3 is 1.56 bits per heavy atom. The van der Waals surface area contributed by atoms with Gasteiger partial charge >= 0.3 is 0 Å². The lowest BCUT2D eigenvalue weighted by atomic mass is 9.64. The molecular formula is C21H36N2O2. The molecule has 0 aromatic heterocycles. The summed E-state index contributed by atoms with van der Waals surface area (Å²) in [6.07, 6.45) is 11.3. The Kier molecular flexibility index (Phi) is 6.06. The van der Waals surface area contributed by atoms with Crippen molar-refractivity contribution in [1.82, 2.24) is 10.6 Å². The first-order valence-electron chi connectivity index (χ1n) is 10.7. The van der Waals surface area contributed by atoms with Gasteiger partial charge < -0.3 is 10.6 Å². The van der Waals surface area contributed by atoms with Crippen LogP contribution in [0.1, 0.15) is 78.1 Å². The monoisotopic (exact) mass is 348 g/mol. The maximum Gasteiger partial charge on any atom is 0.236 e. The Labute approximate surface area is 152 Å². The van der Waals surface area contributed by atoms with Crippen LogP contribution in [0.5, 0.6) is 0 Å². The predicted octanol–water partition coefficient (Wildman–Crippen LogP) is 3.65. The van der Waals surface area contributed by atoms with Gasteiger partial charge in [0.2, 0.25) is 11.8 Å². The summed E-state index contributed by atoms with van der Waals surface area (Å²) in [4.78, 5) is 26.9. The van der Waals surface area contributed by atoms with Crippen molar-refractivity contribution in [2.45, 2.75) is 78.1 Å². The topological polar surface area (TPSA) is 58.2 Å². The molecule has 0 aromatic carbocycles. The van der Waals surface area contributed by atoms with Crippen LogP contribution in [0.2, 0.25) is 0 Å². The highest BCUT2D eigenvalue weighted by molar-refractivity contribution is 6.06. The lowest BCUT2D eigenvalue weighted by molar-refractivity contribution is -0.151. The standard InChI is InChI=1S/C21H36N2O2/c1-3-13-22-19(24)21(20(25)23-14-4-2)17-11-7-5-9-15(17)16-10-6-8-12-18(16)21/h15-18H,3-14H2,1-2H3,(H,22,24)(H,23,25). The van der Waals surface area contributed by atoms with Crippen molar-refractivity contribution in [3.8, 4) is 0 Å². The van der Waals surface area contributed by atoms with Gasteiger partial charge in [-0.25, -0.2) is 0 Å². The van der Waals surface area contributed by atoms with E-state index in [9.17, 15) is 9.59 Å². The van der Waals surface area contributed by atoms with E-state index in [0.29, 0.717) is 24.9 Å². The van der Waals surface area contributed by atoms with Crippen molar-refractivity contribution in [1.29, 1.82) is 0 Å². The van der Waals surface area contributed by atoms with Gasteiger partial charge in [-0.1, -0.05) is 39.5 Å². The highest BCUT2D eigenvalue weighted by Crippen LogP contribution is 2.63. The van der Waals surface area contributed by atoms with Crippen LogP contribution in [0.15, 0.2) is 0 Å². The zero-order valence-electron chi connectivity index (χ0n) is 16.1. The van der Waals surface area contributed by atoms with E-state index < -0.39 is 5.41 Å². The van der Waals surface area contributed by atoms with Gasteiger partial charge in [0.15, 0.2) is 0 Å². The van der Waals surface area contributed by atoms with Gasteiger partial charge in [-0.3, -0.25) is 9.59 Å². The van der Waals surface area contributed by atoms with Gasteiger partial charge in [0.1, 0.15) is 5.41 Å². The average molecular weight is 349 g/mol. The molecule has 0 bridgehead atoms. The predicted molar refractivity (Wildman–Crippen MR) is 99.9 cm³/mol. The van der Waals surface area contributed by atoms with Crippen LogP contribution in [-0.2, 0) is 9.59 Å². The first-order valence-corrected chi connectivity index (χ1v) is 10.7. The maximum absolute atomic E-state index is 13.5. The van der Waals surface area contributed by atoms with Crippen LogP contribution in [0.3, 0.4) is 0 Å². The Bertz CT molecular complexity index is 446. The van der Waals surface area contributed by atoms with E-state index in [1.807, 2.05) is 0 Å². The van der Waals surface area contributed by atoms with Crippen LogP contribution in [0, 0.1) is 29.1 Å². The molecule has 0 radical (unpaired) electrons. The van der Waals surface area contributed by atoms with Crippen LogP contribution >= 0.6 is 0 Å². The molecule has 4 nitrogen and oxygen atoms in total. The molecule has 4 unspecified atom stereocenters. The summed E-state index contributed by atoms with van der Waals surface area (Å²) in [5.41, 5.74) is -0.805. The van der Waals surface area contributed by atoms with Gasteiger partial charge in [0.25, 0.3) is 0 Å². The number of hydrogen-bond donors (Lipinski definition) is 2. The summed E-state index contributed by atoms with van der Waals surface area (Å²) < 4.78 is 0. The summed E-state index contributed by atoms with van der Waals surface area (Å²) in [7, 11) is 0. The molecule has 3 aliphatic rings. The Morgan fingerprint density at radius 1 is 0.760 bits per heavy atom. The number of fused-ring (bicyclic) bond motifs is 3. The minimum Gasteiger partial charge on any atom is -0.355 e. The Hall–Kier alpha value is -1.06. The molecule has 0 spiro atoms. The van der Waals surface area contributed by atoms with Crippen LogP contribution in [-0.4, -0.2) is 24.9 Å². The van der Waals surface area contributed by atoms with E-state index in [0.717, 1.165) is 25.7 Å². The fourth-order valence-corrected chi connectivity index (χ4v) is 6.30. The van der Waals surface area contributed by atoms with Gasteiger partial charge in [0.05, 0.1) is 0 Å². The Morgan fingerprint density at radius 2 is 1.16 bits per heavy atom. The quantitative estimate of drug-likeness (QED) is 0.720. The molecule has 4 atom stereocenters. The van der Waals surface area contributed by atoms with Crippen LogP contribution < -0.4 is 10.6 Å². The van der Waals surface area contributed by atoms with Gasteiger partial charge in [-0.2, -0.15) is 0 Å². The fraction of sp³-hybridized carbons (Fsp3) is 0.905. The van der Waals surface area contributed by atoms with Gasteiger partial charge in [0, 0.05) is 13.1 Å². The third-order valence-corrected chi connectivity index (χ3v) is 7.18. The smallest absolute Gasteiger partial charge is 0.236 e. The second kappa shape index (κ2) is 8.09. The maximum atomic E-state index is 13.5. The zero-order chi connectivity index (χ0) is 17.9. The number of rotatable bonds is 6. The SMILES string of the molecule is CCCNC(=O)C1(C(=O)NCCC)C2CCCCC2C2CCCCC21. The summed E-state index contributed by atoms with van der Waals surface area (Å²) in [5.74, 6) is 1.74. The molecule has 3 saturated carbocycles. The third kappa shape index (κ3) is 3.10. The summed E-state index contributed by atoms with van der Waals surface area (Å²) in [6.45, 7) is 5.50. The van der Waals surface area contributed by atoms with Crippen LogP contribution in [0.25, 0.3) is 0 Å². The first-order chi connectivity index (χ1) is 12.2. The highest BCUT2D eigenvalue weighted by Gasteiger charge is 2.67. The lowest BCUT2D eigenvalue weighted by Crippen LogP contribution is -2.58. The highest BCUT2D eigenvalue weighted by atomic mass is 16.2. The fourth-order valence-electron chi connectivity index (χ4n) is 6.30. The second-order valence-electron chi connectivity index (χ2n) is 8.49. The molecule has 3 fully saturated rings. The van der Waals surface area contributed by atoms with Crippen molar-refractivity contribution in [2.24, 2.45) is 29.1 Å². The third-order valence-electron chi connectivity index (χ3n) is 7.18. The molecule has 2 N–H and O–H groups in total. The number of carbonyl (C=O) groups excluding carboxylic acids is 2. The normalized spacial score (nSPS) is 33.2. The molecular weight excluding hydrogens is 312 g/mol. The van der Waals surface area contributed by atoms with Crippen molar-refractivity contribution in [2.75, 3.05) is 13.1 Å². The van der Waals surface area contributed by atoms with E-state index in [2.05, 4.69) is 24.5 Å². The largest absolute Gasteiger partial charge is 0.355 e. The van der Waals surface area contributed by atoms with E-state index in [1.54, 1.807) is 0 Å². The number of nitrogens with one attached hydrogen (secondary N) is 2. The number of hydrogen-bond acceptors (Lipinski definition) is 2. The summed E-state index contributed by atoms with van der Waals surface area (Å²) >= 11 is 0. The summed E-state index contributed by atoms with van der Waals surface area (Å²) in [5, 5.41) is 6.28.